The van der Waals surface area contributed by atoms with Crippen molar-refractivity contribution in [2.45, 2.75) is 32.0 Å². The molecule has 0 aliphatic carbocycles. The minimum absolute atomic E-state index is 0.0205. The van der Waals surface area contributed by atoms with E-state index >= 15 is 0 Å². The van der Waals surface area contributed by atoms with Gasteiger partial charge in [0.15, 0.2) is 11.5 Å². The zero-order valence-electron chi connectivity index (χ0n) is 24.0. The van der Waals surface area contributed by atoms with Crippen molar-refractivity contribution in [2.75, 3.05) is 21.3 Å². The quantitative estimate of drug-likeness (QED) is 0.235. The molecule has 0 saturated carbocycles. The molecule has 0 radical (unpaired) electrons. The highest BCUT2D eigenvalue weighted by molar-refractivity contribution is 5.89. The lowest BCUT2D eigenvalue weighted by Gasteiger charge is -2.32. The van der Waals surface area contributed by atoms with Crippen LogP contribution in [-0.4, -0.2) is 44.1 Å². The Morgan fingerprint density at radius 1 is 0.738 bits per heavy atom. The van der Waals surface area contributed by atoms with Crippen LogP contribution in [0.25, 0.3) is 0 Å². The van der Waals surface area contributed by atoms with Crippen LogP contribution >= 0.6 is 0 Å². The topological polar surface area (TPSA) is 77.1 Å². The maximum absolute atomic E-state index is 14.0. The van der Waals surface area contributed by atoms with E-state index in [0.29, 0.717) is 28.4 Å². The fourth-order valence-electron chi connectivity index (χ4n) is 4.76. The molecule has 4 aromatic rings. The Morgan fingerprint density at radius 3 is 2.07 bits per heavy atom. The summed E-state index contributed by atoms with van der Waals surface area (Å²) in [5.41, 5.74) is 3.12. The molecule has 0 fully saturated rings. The lowest BCUT2D eigenvalue weighted by Crippen LogP contribution is -2.50. The Labute approximate surface area is 245 Å². The first kappa shape index (κ1) is 30.1. The van der Waals surface area contributed by atoms with Crippen LogP contribution in [0.1, 0.15) is 22.3 Å². The summed E-state index contributed by atoms with van der Waals surface area (Å²) in [6, 6.07) is 27.4. The van der Waals surface area contributed by atoms with Crippen LogP contribution in [0.15, 0.2) is 97.1 Å². The van der Waals surface area contributed by atoms with Crippen molar-refractivity contribution >= 4 is 11.8 Å². The van der Waals surface area contributed by atoms with Crippen molar-refractivity contribution < 1.29 is 28.2 Å². The average Bonchev–Trinajstić information content (AvgIpc) is 3.02. The van der Waals surface area contributed by atoms with Crippen molar-refractivity contribution in [3.63, 3.8) is 0 Å². The summed E-state index contributed by atoms with van der Waals surface area (Å²) in [4.78, 5) is 29.5. The molecule has 0 aromatic heterocycles. The number of rotatable bonds is 13. The number of nitrogens with zero attached hydrogens (tertiary/aromatic N) is 1. The Balaban J connectivity index is 1.67. The van der Waals surface area contributed by atoms with Gasteiger partial charge in [0, 0.05) is 25.1 Å². The lowest BCUT2D eigenvalue weighted by molar-refractivity contribution is -0.140. The molecular formula is C34H35FN2O5. The third-order valence-electron chi connectivity index (χ3n) is 6.99. The van der Waals surface area contributed by atoms with E-state index in [0.717, 1.165) is 11.1 Å². The second-order valence-electron chi connectivity index (χ2n) is 9.75. The molecule has 1 N–H and O–H groups in total. The van der Waals surface area contributed by atoms with Crippen molar-refractivity contribution in [3.05, 3.63) is 125 Å². The second-order valence-corrected chi connectivity index (χ2v) is 9.75. The third kappa shape index (κ3) is 7.87. The number of methoxy groups -OCH3 is 3. The molecule has 0 unspecified atom stereocenters. The Hall–Kier alpha value is -4.85. The van der Waals surface area contributed by atoms with Gasteiger partial charge in [0.1, 0.15) is 17.6 Å². The molecule has 0 spiro atoms. The molecule has 0 aliphatic rings. The summed E-state index contributed by atoms with van der Waals surface area (Å²) in [5, 5.41) is 3.01. The van der Waals surface area contributed by atoms with E-state index in [4.69, 9.17) is 14.2 Å². The van der Waals surface area contributed by atoms with Gasteiger partial charge in [-0.3, -0.25) is 9.59 Å². The third-order valence-corrected chi connectivity index (χ3v) is 6.99. The van der Waals surface area contributed by atoms with E-state index in [2.05, 4.69) is 5.32 Å². The van der Waals surface area contributed by atoms with E-state index in [1.807, 2.05) is 54.6 Å². The van der Waals surface area contributed by atoms with E-state index in [9.17, 15) is 14.0 Å². The van der Waals surface area contributed by atoms with E-state index in [-0.39, 0.29) is 43.6 Å². The van der Waals surface area contributed by atoms with Gasteiger partial charge in [0.2, 0.25) is 11.8 Å². The van der Waals surface area contributed by atoms with Gasteiger partial charge in [-0.2, -0.15) is 0 Å². The number of hydrogen-bond donors (Lipinski definition) is 1. The fourth-order valence-corrected chi connectivity index (χ4v) is 4.76. The smallest absolute Gasteiger partial charge is 0.243 e. The number of ether oxygens (including phenoxy) is 3. The highest BCUT2D eigenvalue weighted by atomic mass is 19.1. The average molecular weight is 571 g/mol. The molecule has 0 aliphatic heterocycles. The maximum Gasteiger partial charge on any atom is 0.243 e. The monoisotopic (exact) mass is 570 g/mol. The van der Waals surface area contributed by atoms with Gasteiger partial charge in [-0.1, -0.05) is 66.7 Å². The van der Waals surface area contributed by atoms with Gasteiger partial charge in [-0.05, 0) is 47.0 Å². The number of para-hydroxylation sites is 1. The van der Waals surface area contributed by atoms with Gasteiger partial charge in [0.05, 0.1) is 27.8 Å². The first-order valence-electron chi connectivity index (χ1n) is 13.6. The van der Waals surface area contributed by atoms with Gasteiger partial charge < -0.3 is 24.4 Å². The number of benzene rings is 4. The number of amides is 2. The molecular weight excluding hydrogens is 535 g/mol. The molecule has 42 heavy (non-hydrogen) atoms. The Bertz CT molecular complexity index is 1480. The van der Waals surface area contributed by atoms with Crippen LogP contribution in [-0.2, 0) is 35.5 Å². The van der Waals surface area contributed by atoms with Gasteiger partial charge >= 0.3 is 0 Å². The molecule has 0 heterocycles. The van der Waals surface area contributed by atoms with Gasteiger partial charge in [-0.15, -0.1) is 0 Å². The van der Waals surface area contributed by atoms with Gasteiger partial charge in [-0.25, -0.2) is 4.39 Å². The van der Waals surface area contributed by atoms with Crippen molar-refractivity contribution in [2.24, 2.45) is 0 Å². The minimum atomic E-state index is -0.847. The van der Waals surface area contributed by atoms with E-state index < -0.39 is 6.04 Å². The predicted molar refractivity (Wildman–Crippen MR) is 159 cm³/mol. The first-order valence-corrected chi connectivity index (χ1v) is 13.6. The van der Waals surface area contributed by atoms with Crippen molar-refractivity contribution in [3.8, 4) is 17.2 Å². The summed E-state index contributed by atoms with van der Waals surface area (Å²) in [6.45, 7) is 0.342. The molecule has 2 amide bonds. The summed E-state index contributed by atoms with van der Waals surface area (Å²) >= 11 is 0. The SMILES string of the molecule is COc1ccccc1CNC(=O)[C@@H](Cc1ccccc1)N(Cc1ccc(F)cc1)C(=O)Cc1ccc(OC)c(OC)c1. The zero-order valence-corrected chi connectivity index (χ0v) is 24.0. The van der Waals surface area contributed by atoms with E-state index in [1.54, 1.807) is 49.5 Å². The number of halogens is 1. The summed E-state index contributed by atoms with van der Waals surface area (Å²) in [5.74, 6) is 0.757. The number of hydrogen-bond acceptors (Lipinski definition) is 5. The Morgan fingerprint density at radius 2 is 1.38 bits per heavy atom. The van der Waals surface area contributed by atoms with E-state index in [1.165, 1.54) is 19.2 Å². The molecule has 0 bridgehead atoms. The molecule has 1 atom stereocenters. The maximum atomic E-state index is 14.0. The normalized spacial score (nSPS) is 11.3. The lowest BCUT2D eigenvalue weighted by atomic mass is 10.0. The first-order chi connectivity index (χ1) is 20.4. The van der Waals surface area contributed by atoms with Crippen LogP contribution in [0.4, 0.5) is 4.39 Å². The highest BCUT2D eigenvalue weighted by Crippen LogP contribution is 2.28. The highest BCUT2D eigenvalue weighted by Gasteiger charge is 2.30. The number of nitrogens with one attached hydrogen (secondary N) is 1. The molecule has 8 heteroatoms. The summed E-state index contributed by atoms with van der Waals surface area (Å²) in [6.07, 6.45) is 0.310. The zero-order chi connectivity index (χ0) is 29.9. The van der Waals surface area contributed by atoms with Crippen LogP contribution in [0, 0.1) is 5.82 Å². The summed E-state index contributed by atoms with van der Waals surface area (Å²) in [7, 11) is 4.66. The van der Waals surface area contributed by atoms with Crippen LogP contribution < -0.4 is 19.5 Å². The molecule has 4 aromatic carbocycles. The van der Waals surface area contributed by atoms with Crippen molar-refractivity contribution in [1.29, 1.82) is 0 Å². The Kier molecular flexibility index (Phi) is 10.5. The molecule has 0 saturated heterocycles. The number of carbonyl (C=O) groups excluding carboxylic acids is 2. The predicted octanol–water partition coefficient (Wildman–Crippen LogP) is 5.35. The second kappa shape index (κ2) is 14.7. The van der Waals surface area contributed by atoms with Crippen molar-refractivity contribution in [1.82, 2.24) is 10.2 Å². The van der Waals surface area contributed by atoms with Crippen LogP contribution in [0.5, 0.6) is 17.2 Å². The molecule has 7 nitrogen and oxygen atoms in total. The summed E-state index contributed by atoms with van der Waals surface area (Å²) < 4.78 is 29.9. The standard InChI is InChI=1S/C34H35FN2O5/c1-40-30-12-8-7-11-27(30)22-36-34(39)29(19-24-9-5-4-6-10-24)37(23-25-13-16-28(35)17-14-25)33(38)21-26-15-18-31(41-2)32(20-26)42-3/h4-18,20,29H,19,21-23H2,1-3H3,(H,36,39)/t29-/m1/s1. The van der Waals surface area contributed by atoms with Crippen LogP contribution in [0.3, 0.4) is 0 Å². The van der Waals surface area contributed by atoms with Crippen LogP contribution in [0.2, 0.25) is 0 Å². The largest absolute Gasteiger partial charge is 0.496 e. The molecule has 218 valence electrons. The fraction of sp³-hybridized carbons (Fsp3) is 0.235. The minimum Gasteiger partial charge on any atom is -0.496 e. The van der Waals surface area contributed by atoms with Gasteiger partial charge in [0.25, 0.3) is 0 Å². The number of carbonyl (C=O) groups is 2. The molecule has 4 rings (SSSR count).